The molecule has 3 aromatic rings. The van der Waals surface area contributed by atoms with Gasteiger partial charge in [0, 0.05) is 11.8 Å². The number of nitrogens with two attached hydrogens (primary N) is 1. The van der Waals surface area contributed by atoms with Gasteiger partial charge in [0.15, 0.2) is 5.58 Å². The second-order valence-corrected chi connectivity index (χ2v) is 4.40. The zero-order valence-electron chi connectivity index (χ0n) is 10.8. The number of methoxy groups -OCH3 is 1. The van der Waals surface area contributed by atoms with Crippen LogP contribution in [0.3, 0.4) is 0 Å². The second kappa shape index (κ2) is 4.31. The minimum atomic E-state index is 0.539. The number of nitrogens with zero attached hydrogens (tertiary/aromatic N) is 1. The van der Waals surface area contributed by atoms with Gasteiger partial charge in [0.05, 0.1) is 12.7 Å². The number of aromatic nitrogens is 1. The number of anilines is 1. The van der Waals surface area contributed by atoms with E-state index in [0.717, 1.165) is 22.4 Å². The summed E-state index contributed by atoms with van der Waals surface area (Å²) < 4.78 is 11.1. The van der Waals surface area contributed by atoms with E-state index < -0.39 is 0 Å². The van der Waals surface area contributed by atoms with E-state index in [1.165, 1.54) is 0 Å². The van der Waals surface area contributed by atoms with Crippen LogP contribution < -0.4 is 10.5 Å². The van der Waals surface area contributed by atoms with Gasteiger partial charge in [-0.15, -0.1) is 0 Å². The van der Waals surface area contributed by atoms with Crippen molar-refractivity contribution >= 4 is 16.8 Å². The maximum atomic E-state index is 5.88. The van der Waals surface area contributed by atoms with Crippen molar-refractivity contribution in [2.24, 2.45) is 0 Å². The number of rotatable bonds is 2. The lowest BCUT2D eigenvalue weighted by Crippen LogP contribution is -1.88. The minimum Gasteiger partial charge on any atom is -0.496 e. The molecule has 0 atom stereocenters. The number of para-hydroxylation sites is 1. The normalized spacial score (nSPS) is 10.8. The first-order valence-corrected chi connectivity index (χ1v) is 5.99. The molecule has 96 valence electrons. The zero-order chi connectivity index (χ0) is 13.4. The third kappa shape index (κ3) is 1.91. The van der Waals surface area contributed by atoms with Gasteiger partial charge in [-0.05, 0) is 30.7 Å². The molecule has 2 N–H and O–H groups in total. The lowest BCUT2D eigenvalue weighted by atomic mass is 10.2. The van der Waals surface area contributed by atoms with Crippen LogP contribution in [-0.2, 0) is 0 Å². The molecule has 3 rings (SSSR count). The Morgan fingerprint density at radius 3 is 2.79 bits per heavy atom. The lowest BCUT2D eigenvalue weighted by Gasteiger charge is -2.03. The van der Waals surface area contributed by atoms with Crippen LogP contribution in [0.1, 0.15) is 5.56 Å². The van der Waals surface area contributed by atoms with Crippen LogP contribution in [0.2, 0.25) is 0 Å². The molecule has 0 aliphatic heterocycles. The maximum Gasteiger partial charge on any atom is 0.231 e. The van der Waals surface area contributed by atoms with Crippen LogP contribution in [0.4, 0.5) is 5.69 Å². The summed E-state index contributed by atoms with van der Waals surface area (Å²) in [6.45, 7) is 1.95. The molecule has 1 aromatic heterocycles. The van der Waals surface area contributed by atoms with Gasteiger partial charge in [-0.25, -0.2) is 4.98 Å². The highest BCUT2D eigenvalue weighted by molar-refractivity contribution is 5.81. The molecule has 19 heavy (non-hydrogen) atoms. The average Bonchev–Trinajstić information content (AvgIpc) is 2.82. The first-order valence-electron chi connectivity index (χ1n) is 5.99. The van der Waals surface area contributed by atoms with E-state index >= 15 is 0 Å². The summed E-state index contributed by atoms with van der Waals surface area (Å²) in [4.78, 5) is 4.49. The van der Waals surface area contributed by atoms with E-state index in [4.69, 9.17) is 14.9 Å². The molecule has 0 saturated heterocycles. The molecule has 0 unspecified atom stereocenters. The standard InChI is InChI=1S/C15H14N2O2/c1-9-7-12-14(8-11(9)16)19-15(17-12)10-5-3-4-6-13(10)18-2/h3-8H,16H2,1-2H3. The summed E-state index contributed by atoms with van der Waals surface area (Å²) in [5.74, 6) is 1.27. The first kappa shape index (κ1) is 11.6. The molecule has 0 saturated carbocycles. The number of hydrogen-bond donors (Lipinski definition) is 1. The quantitative estimate of drug-likeness (QED) is 0.712. The van der Waals surface area contributed by atoms with Crippen molar-refractivity contribution in [3.05, 3.63) is 42.0 Å². The molecule has 0 amide bonds. The summed E-state index contributed by atoms with van der Waals surface area (Å²) >= 11 is 0. The van der Waals surface area contributed by atoms with Crippen molar-refractivity contribution in [3.63, 3.8) is 0 Å². The van der Waals surface area contributed by atoms with Crippen molar-refractivity contribution in [2.45, 2.75) is 6.92 Å². The van der Waals surface area contributed by atoms with Crippen LogP contribution in [0.15, 0.2) is 40.8 Å². The Morgan fingerprint density at radius 1 is 1.21 bits per heavy atom. The maximum absolute atomic E-state index is 5.88. The molecule has 0 fully saturated rings. The molecule has 0 aliphatic rings. The zero-order valence-corrected chi connectivity index (χ0v) is 10.8. The molecule has 2 aromatic carbocycles. The van der Waals surface area contributed by atoms with Gasteiger partial charge in [-0.1, -0.05) is 12.1 Å². The van der Waals surface area contributed by atoms with Gasteiger partial charge in [0.2, 0.25) is 5.89 Å². The first-order chi connectivity index (χ1) is 9.19. The Kier molecular flexibility index (Phi) is 2.63. The SMILES string of the molecule is COc1ccccc1-c1nc2cc(C)c(N)cc2o1. The van der Waals surface area contributed by atoms with Gasteiger partial charge >= 0.3 is 0 Å². The third-order valence-corrected chi connectivity index (χ3v) is 3.11. The summed E-state index contributed by atoms with van der Waals surface area (Å²) in [6, 6.07) is 11.4. The Hall–Kier alpha value is -2.49. The number of aryl methyl sites for hydroxylation is 1. The van der Waals surface area contributed by atoms with E-state index in [2.05, 4.69) is 4.98 Å². The van der Waals surface area contributed by atoms with Crippen molar-refractivity contribution in [3.8, 4) is 17.2 Å². The van der Waals surface area contributed by atoms with E-state index in [1.807, 2.05) is 37.3 Å². The van der Waals surface area contributed by atoms with E-state index in [1.54, 1.807) is 13.2 Å². The molecule has 4 heteroatoms. The van der Waals surface area contributed by atoms with Crippen molar-refractivity contribution in [1.82, 2.24) is 4.98 Å². The molecule has 0 bridgehead atoms. The molecule has 1 heterocycles. The third-order valence-electron chi connectivity index (χ3n) is 3.11. The lowest BCUT2D eigenvalue weighted by molar-refractivity contribution is 0.414. The second-order valence-electron chi connectivity index (χ2n) is 4.40. The van der Waals surface area contributed by atoms with Crippen molar-refractivity contribution < 1.29 is 9.15 Å². The molecule has 4 nitrogen and oxygen atoms in total. The highest BCUT2D eigenvalue weighted by atomic mass is 16.5. The number of benzene rings is 2. The predicted octanol–water partition coefficient (Wildman–Crippen LogP) is 3.39. The number of hydrogen-bond acceptors (Lipinski definition) is 4. The van der Waals surface area contributed by atoms with E-state index in [0.29, 0.717) is 17.2 Å². The largest absolute Gasteiger partial charge is 0.496 e. The molecule has 0 aliphatic carbocycles. The fraction of sp³-hybridized carbons (Fsp3) is 0.133. The molecule has 0 spiro atoms. The molecular weight excluding hydrogens is 240 g/mol. The summed E-state index contributed by atoms with van der Waals surface area (Å²) in [5, 5.41) is 0. The number of fused-ring (bicyclic) bond motifs is 1. The van der Waals surface area contributed by atoms with Gasteiger partial charge in [0.25, 0.3) is 0 Å². The van der Waals surface area contributed by atoms with Crippen LogP contribution in [0.25, 0.3) is 22.6 Å². The Balaban J connectivity index is 2.20. The van der Waals surface area contributed by atoms with Crippen molar-refractivity contribution in [1.29, 1.82) is 0 Å². The minimum absolute atomic E-state index is 0.539. The Morgan fingerprint density at radius 2 is 2.00 bits per heavy atom. The summed E-state index contributed by atoms with van der Waals surface area (Å²) in [6.07, 6.45) is 0. The van der Waals surface area contributed by atoms with Gasteiger partial charge < -0.3 is 14.9 Å². The predicted molar refractivity (Wildman–Crippen MR) is 75.1 cm³/mol. The fourth-order valence-corrected chi connectivity index (χ4v) is 2.03. The van der Waals surface area contributed by atoms with Crippen molar-refractivity contribution in [2.75, 3.05) is 12.8 Å². The fourth-order valence-electron chi connectivity index (χ4n) is 2.03. The number of nitrogen functional groups attached to an aromatic ring is 1. The van der Waals surface area contributed by atoms with Crippen LogP contribution >= 0.6 is 0 Å². The monoisotopic (exact) mass is 254 g/mol. The van der Waals surface area contributed by atoms with E-state index in [-0.39, 0.29) is 0 Å². The molecular formula is C15H14N2O2. The highest BCUT2D eigenvalue weighted by Gasteiger charge is 2.13. The Labute approximate surface area is 110 Å². The van der Waals surface area contributed by atoms with Crippen LogP contribution in [0.5, 0.6) is 5.75 Å². The molecule has 0 radical (unpaired) electrons. The van der Waals surface area contributed by atoms with Crippen LogP contribution in [-0.4, -0.2) is 12.1 Å². The van der Waals surface area contributed by atoms with Gasteiger partial charge in [-0.3, -0.25) is 0 Å². The number of oxazole rings is 1. The summed E-state index contributed by atoms with van der Waals surface area (Å²) in [5.41, 5.74) is 9.89. The number of ether oxygens (including phenoxy) is 1. The van der Waals surface area contributed by atoms with Gasteiger partial charge in [0.1, 0.15) is 11.3 Å². The van der Waals surface area contributed by atoms with Gasteiger partial charge in [-0.2, -0.15) is 0 Å². The average molecular weight is 254 g/mol. The highest BCUT2D eigenvalue weighted by Crippen LogP contribution is 2.32. The summed E-state index contributed by atoms with van der Waals surface area (Å²) in [7, 11) is 1.63. The Bertz CT molecular complexity index is 708. The van der Waals surface area contributed by atoms with E-state index in [9.17, 15) is 0 Å². The smallest absolute Gasteiger partial charge is 0.231 e. The van der Waals surface area contributed by atoms with Crippen LogP contribution in [0, 0.1) is 6.92 Å². The topological polar surface area (TPSA) is 61.3 Å².